The van der Waals surface area contributed by atoms with Crippen molar-refractivity contribution < 1.29 is 19.1 Å². The third kappa shape index (κ3) is 9.10. The van der Waals surface area contributed by atoms with E-state index in [0.29, 0.717) is 42.7 Å². The third-order valence-electron chi connectivity index (χ3n) is 6.12. The average Bonchev–Trinajstić information content (AvgIpc) is 2.93. The second kappa shape index (κ2) is 15.0. The van der Waals surface area contributed by atoms with E-state index in [-0.39, 0.29) is 24.8 Å². The lowest BCUT2D eigenvalue weighted by atomic mass is 10.0. The van der Waals surface area contributed by atoms with Gasteiger partial charge < -0.3 is 19.7 Å². The van der Waals surface area contributed by atoms with Crippen molar-refractivity contribution >= 4 is 23.4 Å². The van der Waals surface area contributed by atoms with Gasteiger partial charge in [0.05, 0.1) is 13.7 Å². The maximum atomic E-state index is 13.7. The van der Waals surface area contributed by atoms with Crippen molar-refractivity contribution in [3.05, 3.63) is 95.0 Å². The summed E-state index contributed by atoms with van der Waals surface area (Å²) in [6, 6.07) is 23.8. The fraction of sp³-hybridized carbons (Fsp3) is 0.355. The molecule has 3 rings (SSSR count). The lowest BCUT2D eigenvalue weighted by Crippen LogP contribution is -2.51. The number of carbonyl (C=O) groups excluding carboxylic acids is 2. The molecule has 0 bridgehead atoms. The van der Waals surface area contributed by atoms with Gasteiger partial charge in [0.1, 0.15) is 17.5 Å². The van der Waals surface area contributed by atoms with Crippen molar-refractivity contribution in [3.8, 4) is 11.5 Å². The van der Waals surface area contributed by atoms with Crippen LogP contribution in [0.2, 0.25) is 5.02 Å². The summed E-state index contributed by atoms with van der Waals surface area (Å²) < 4.78 is 11.0. The van der Waals surface area contributed by atoms with Gasteiger partial charge in [-0.05, 0) is 53.8 Å². The standard InChI is InChI=1S/C31H37ClN2O4/c1-23(2)21-33-31(36)29(20-24-10-5-4-6-11-24)34(22-25-12-7-8-13-28(25)32)30(35)14-9-19-38-27-17-15-26(37-3)16-18-27/h4-8,10-13,15-18,23,29H,9,14,19-22H2,1-3H3,(H,33,36)/t29-/m1/s1. The van der Waals surface area contributed by atoms with E-state index < -0.39 is 6.04 Å². The van der Waals surface area contributed by atoms with E-state index in [1.54, 1.807) is 18.1 Å². The van der Waals surface area contributed by atoms with Crippen molar-refractivity contribution in [1.29, 1.82) is 0 Å². The fourth-order valence-corrected chi connectivity index (χ4v) is 4.21. The van der Waals surface area contributed by atoms with Crippen LogP contribution in [0.3, 0.4) is 0 Å². The van der Waals surface area contributed by atoms with Crippen molar-refractivity contribution in [3.63, 3.8) is 0 Å². The highest BCUT2D eigenvalue weighted by Crippen LogP contribution is 2.22. The van der Waals surface area contributed by atoms with Crippen LogP contribution < -0.4 is 14.8 Å². The molecule has 0 fully saturated rings. The monoisotopic (exact) mass is 536 g/mol. The van der Waals surface area contributed by atoms with Crippen LogP contribution in [0.15, 0.2) is 78.9 Å². The summed E-state index contributed by atoms with van der Waals surface area (Å²) in [5.74, 6) is 1.46. The fourth-order valence-electron chi connectivity index (χ4n) is 4.02. The Morgan fingerprint density at radius 1 is 0.921 bits per heavy atom. The molecule has 1 N–H and O–H groups in total. The molecule has 7 heteroatoms. The number of benzene rings is 3. The van der Waals surface area contributed by atoms with Gasteiger partial charge in [0.15, 0.2) is 0 Å². The van der Waals surface area contributed by atoms with Gasteiger partial charge >= 0.3 is 0 Å². The van der Waals surface area contributed by atoms with E-state index in [4.69, 9.17) is 21.1 Å². The van der Waals surface area contributed by atoms with Crippen LogP contribution in [0.5, 0.6) is 11.5 Å². The lowest BCUT2D eigenvalue weighted by molar-refractivity contribution is -0.141. The van der Waals surface area contributed by atoms with Crippen LogP contribution in [-0.4, -0.2) is 43.0 Å². The minimum Gasteiger partial charge on any atom is -0.497 e. The van der Waals surface area contributed by atoms with E-state index in [2.05, 4.69) is 5.32 Å². The Labute approximate surface area is 230 Å². The molecule has 6 nitrogen and oxygen atoms in total. The van der Waals surface area contributed by atoms with Gasteiger partial charge in [-0.3, -0.25) is 9.59 Å². The van der Waals surface area contributed by atoms with Crippen molar-refractivity contribution in [2.75, 3.05) is 20.3 Å². The summed E-state index contributed by atoms with van der Waals surface area (Å²) in [4.78, 5) is 28.8. The molecule has 0 unspecified atom stereocenters. The Balaban J connectivity index is 1.77. The van der Waals surface area contributed by atoms with Gasteiger partial charge in [0.25, 0.3) is 0 Å². The van der Waals surface area contributed by atoms with Crippen LogP contribution in [0.1, 0.15) is 37.8 Å². The summed E-state index contributed by atoms with van der Waals surface area (Å²) in [5, 5.41) is 3.60. The molecule has 3 aromatic carbocycles. The smallest absolute Gasteiger partial charge is 0.243 e. The first kappa shape index (κ1) is 29.1. The topological polar surface area (TPSA) is 67.9 Å². The molecule has 0 aliphatic heterocycles. The molecule has 2 amide bonds. The molecule has 0 saturated heterocycles. The second-order valence-electron chi connectivity index (χ2n) is 9.59. The number of methoxy groups -OCH3 is 1. The minimum absolute atomic E-state index is 0.121. The molecule has 0 spiro atoms. The van der Waals surface area contributed by atoms with Gasteiger partial charge in [0, 0.05) is 31.0 Å². The Morgan fingerprint density at radius 2 is 1.58 bits per heavy atom. The molecule has 0 heterocycles. The predicted molar refractivity (Wildman–Crippen MR) is 152 cm³/mol. The number of hydrogen-bond acceptors (Lipinski definition) is 4. The zero-order valence-corrected chi connectivity index (χ0v) is 23.1. The predicted octanol–water partition coefficient (Wildman–Crippen LogP) is 5.92. The zero-order valence-electron chi connectivity index (χ0n) is 22.4. The maximum Gasteiger partial charge on any atom is 0.243 e. The minimum atomic E-state index is -0.678. The highest BCUT2D eigenvalue weighted by Gasteiger charge is 2.30. The van der Waals surface area contributed by atoms with Crippen LogP contribution in [0.4, 0.5) is 0 Å². The first-order chi connectivity index (χ1) is 18.4. The van der Waals surface area contributed by atoms with E-state index in [9.17, 15) is 9.59 Å². The molecule has 202 valence electrons. The van der Waals surface area contributed by atoms with Gasteiger partial charge in [-0.15, -0.1) is 0 Å². The van der Waals surface area contributed by atoms with Gasteiger partial charge in [-0.1, -0.05) is 74.0 Å². The highest BCUT2D eigenvalue weighted by molar-refractivity contribution is 6.31. The second-order valence-corrected chi connectivity index (χ2v) is 9.99. The van der Waals surface area contributed by atoms with Crippen molar-refractivity contribution in [1.82, 2.24) is 10.2 Å². The van der Waals surface area contributed by atoms with Gasteiger partial charge in [0.2, 0.25) is 11.8 Å². The van der Waals surface area contributed by atoms with Gasteiger partial charge in [-0.2, -0.15) is 0 Å². The summed E-state index contributed by atoms with van der Waals surface area (Å²) in [5.41, 5.74) is 1.78. The summed E-state index contributed by atoms with van der Waals surface area (Å²) in [7, 11) is 1.62. The van der Waals surface area contributed by atoms with E-state index in [1.165, 1.54) is 0 Å². The molecule has 0 aromatic heterocycles. The number of nitrogens with zero attached hydrogens (tertiary/aromatic N) is 1. The number of ether oxygens (including phenoxy) is 2. The first-order valence-electron chi connectivity index (χ1n) is 13.0. The van der Waals surface area contributed by atoms with E-state index in [1.807, 2.05) is 86.6 Å². The molecule has 0 radical (unpaired) electrons. The maximum absolute atomic E-state index is 13.7. The van der Waals surface area contributed by atoms with E-state index in [0.717, 1.165) is 16.9 Å². The molecule has 0 aliphatic rings. The largest absolute Gasteiger partial charge is 0.497 e. The number of nitrogens with one attached hydrogen (secondary N) is 1. The molecule has 1 atom stereocenters. The quantitative estimate of drug-likeness (QED) is 0.260. The molecular weight excluding hydrogens is 500 g/mol. The summed E-state index contributed by atoms with van der Waals surface area (Å²) in [6.45, 7) is 5.24. The lowest BCUT2D eigenvalue weighted by Gasteiger charge is -2.32. The zero-order chi connectivity index (χ0) is 27.3. The molecule has 0 aliphatic carbocycles. The summed E-state index contributed by atoms with van der Waals surface area (Å²) >= 11 is 6.47. The molecule has 0 saturated carbocycles. The van der Waals surface area contributed by atoms with Gasteiger partial charge in [-0.25, -0.2) is 0 Å². The average molecular weight is 537 g/mol. The number of halogens is 1. The van der Waals surface area contributed by atoms with Crippen LogP contribution >= 0.6 is 11.6 Å². The van der Waals surface area contributed by atoms with E-state index >= 15 is 0 Å². The normalized spacial score (nSPS) is 11.6. The Kier molecular flexibility index (Phi) is 11.5. The number of rotatable bonds is 14. The Morgan fingerprint density at radius 3 is 2.24 bits per heavy atom. The molecular formula is C31H37ClN2O4. The highest BCUT2D eigenvalue weighted by atomic mass is 35.5. The van der Waals surface area contributed by atoms with Crippen LogP contribution in [-0.2, 0) is 22.6 Å². The molecule has 38 heavy (non-hydrogen) atoms. The number of carbonyl (C=O) groups is 2. The Bertz CT molecular complexity index is 1150. The summed E-state index contributed by atoms with van der Waals surface area (Å²) in [6.07, 6.45) is 1.15. The third-order valence-corrected chi connectivity index (χ3v) is 6.49. The SMILES string of the molecule is COc1ccc(OCCCC(=O)N(Cc2ccccc2Cl)[C@H](Cc2ccccc2)C(=O)NCC(C)C)cc1. The molecule has 3 aromatic rings. The Hall–Kier alpha value is -3.51. The number of amides is 2. The van der Waals surface area contributed by atoms with Crippen LogP contribution in [0.25, 0.3) is 0 Å². The number of hydrogen-bond donors (Lipinski definition) is 1. The first-order valence-corrected chi connectivity index (χ1v) is 13.4. The van der Waals surface area contributed by atoms with Crippen LogP contribution in [0, 0.1) is 5.92 Å². The van der Waals surface area contributed by atoms with Crippen molar-refractivity contribution in [2.24, 2.45) is 5.92 Å². The van der Waals surface area contributed by atoms with Crippen molar-refractivity contribution in [2.45, 2.75) is 45.7 Å².